The van der Waals surface area contributed by atoms with Gasteiger partial charge in [-0.3, -0.25) is 9.59 Å². The summed E-state index contributed by atoms with van der Waals surface area (Å²) in [6.07, 6.45) is 3.38. The number of carbonyl (C=O) groups is 2. The predicted octanol–water partition coefficient (Wildman–Crippen LogP) is 0.178. The van der Waals surface area contributed by atoms with E-state index in [1.807, 2.05) is 6.92 Å². The summed E-state index contributed by atoms with van der Waals surface area (Å²) in [5.41, 5.74) is 5.73. The maximum absolute atomic E-state index is 11.6. The molecular weight excluding hydrogens is 242 g/mol. The van der Waals surface area contributed by atoms with Gasteiger partial charge in [0.05, 0.1) is 6.54 Å². The summed E-state index contributed by atoms with van der Waals surface area (Å²) in [5, 5.41) is 5.36. The second-order valence-electron chi connectivity index (χ2n) is 4.34. The minimum atomic E-state index is -0.127. The summed E-state index contributed by atoms with van der Waals surface area (Å²) < 4.78 is 0. The van der Waals surface area contributed by atoms with Crippen LogP contribution in [0, 0.1) is 5.92 Å². The molecule has 5 nitrogen and oxygen atoms in total. The van der Waals surface area contributed by atoms with Crippen LogP contribution < -0.4 is 16.4 Å². The number of carbonyl (C=O) groups excluding carboxylic acids is 2. The number of amides is 2. The van der Waals surface area contributed by atoms with Crippen molar-refractivity contribution in [3.8, 4) is 0 Å². The topological polar surface area (TPSA) is 84.2 Å². The largest absolute Gasteiger partial charge is 0.355 e. The van der Waals surface area contributed by atoms with Gasteiger partial charge < -0.3 is 16.4 Å². The highest BCUT2D eigenvalue weighted by Gasteiger charge is 2.27. The summed E-state index contributed by atoms with van der Waals surface area (Å²) in [5.74, 6) is -0.175. The first-order valence-corrected chi connectivity index (χ1v) is 5.93. The Labute approximate surface area is 108 Å². The van der Waals surface area contributed by atoms with Crippen molar-refractivity contribution in [3.05, 3.63) is 0 Å². The van der Waals surface area contributed by atoms with Crippen molar-refractivity contribution >= 4 is 24.2 Å². The lowest BCUT2D eigenvalue weighted by atomic mass is 10.1. The first-order valence-electron chi connectivity index (χ1n) is 5.93. The molecular formula is C11H22ClN3O2. The highest BCUT2D eigenvalue weighted by atomic mass is 35.5. The molecule has 0 saturated heterocycles. The van der Waals surface area contributed by atoms with Crippen LogP contribution in [0.2, 0.25) is 0 Å². The van der Waals surface area contributed by atoms with Crippen molar-refractivity contribution in [2.75, 3.05) is 13.1 Å². The highest BCUT2D eigenvalue weighted by molar-refractivity contribution is 5.86. The third-order valence-electron chi connectivity index (χ3n) is 2.84. The fourth-order valence-corrected chi connectivity index (χ4v) is 1.89. The molecule has 0 bridgehead atoms. The number of rotatable bonds is 5. The van der Waals surface area contributed by atoms with Gasteiger partial charge in [-0.2, -0.15) is 0 Å². The molecule has 4 N–H and O–H groups in total. The van der Waals surface area contributed by atoms with E-state index in [2.05, 4.69) is 10.6 Å². The zero-order valence-electron chi connectivity index (χ0n) is 10.2. The van der Waals surface area contributed by atoms with Crippen molar-refractivity contribution in [3.63, 3.8) is 0 Å². The number of hydrogen-bond donors (Lipinski definition) is 3. The van der Waals surface area contributed by atoms with Crippen LogP contribution in [-0.4, -0.2) is 30.9 Å². The van der Waals surface area contributed by atoms with Crippen LogP contribution in [0.25, 0.3) is 0 Å². The molecule has 1 aliphatic rings. The molecule has 1 rings (SSSR count). The van der Waals surface area contributed by atoms with E-state index in [1.165, 1.54) is 0 Å². The zero-order chi connectivity index (χ0) is 12.0. The molecule has 0 spiro atoms. The fourth-order valence-electron chi connectivity index (χ4n) is 1.89. The lowest BCUT2D eigenvalue weighted by Gasteiger charge is -2.10. The van der Waals surface area contributed by atoms with Crippen molar-refractivity contribution < 1.29 is 9.59 Å². The summed E-state index contributed by atoms with van der Waals surface area (Å²) in [6.45, 7) is 2.71. The standard InChI is InChI=1S/C11H21N3O2.ClH/c1-2-5-13-10(15)7-14-11(16)8-3-4-9(12)6-8;/h8-9H,2-7,12H2,1H3,(H,13,15)(H,14,16);1H. The lowest BCUT2D eigenvalue weighted by Crippen LogP contribution is -2.39. The maximum atomic E-state index is 11.6. The van der Waals surface area contributed by atoms with E-state index in [0.717, 1.165) is 25.7 Å². The molecule has 2 amide bonds. The van der Waals surface area contributed by atoms with Gasteiger partial charge in [-0.05, 0) is 25.7 Å². The van der Waals surface area contributed by atoms with Gasteiger partial charge in [0.1, 0.15) is 0 Å². The van der Waals surface area contributed by atoms with E-state index in [-0.39, 0.29) is 42.7 Å². The first-order chi connectivity index (χ1) is 7.63. The van der Waals surface area contributed by atoms with Crippen LogP contribution in [0.3, 0.4) is 0 Å². The molecule has 0 aromatic heterocycles. The van der Waals surface area contributed by atoms with Gasteiger partial charge in [0.15, 0.2) is 0 Å². The Morgan fingerprint density at radius 2 is 2.00 bits per heavy atom. The van der Waals surface area contributed by atoms with Crippen molar-refractivity contribution in [1.29, 1.82) is 0 Å². The molecule has 2 atom stereocenters. The van der Waals surface area contributed by atoms with Gasteiger partial charge in [-0.15, -0.1) is 12.4 Å². The van der Waals surface area contributed by atoms with Crippen molar-refractivity contribution in [2.45, 2.75) is 38.6 Å². The Hall–Kier alpha value is -0.810. The average molecular weight is 264 g/mol. The molecule has 100 valence electrons. The molecule has 1 aliphatic carbocycles. The number of nitrogens with one attached hydrogen (secondary N) is 2. The maximum Gasteiger partial charge on any atom is 0.239 e. The molecule has 17 heavy (non-hydrogen) atoms. The van der Waals surface area contributed by atoms with E-state index in [1.54, 1.807) is 0 Å². The van der Waals surface area contributed by atoms with E-state index in [4.69, 9.17) is 5.73 Å². The molecule has 2 unspecified atom stereocenters. The Balaban J connectivity index is 0.00000256. The van der Waals surface area contributed by atoms with Crippen molar-refractivity contribution in [2.24, 2.45) is 11.7 Å². The molecule has 1 fully saturated rings. The van der Waals surface area contributed by atoms with Crippen LogP contribution in [0.15, 0.2) is 0 Å². The average Bonchev–Trinajstić information content (AvgIpc) is 2.69. The summed E-state index contributed by atoms with van der Waals surface area (Å²) in [7, 11) is 0. The summed E-state index contributed by atoms with van der Waals surface area (Å²) in [6, 6.07) is 0.143. The van der Waals surface area contributed by atoms with Gasteiger partial charge in [0, 0.05) is 18.5 Å². The first kappa shape index (κ1) is 16.2. The van der Waals surface area contributed by atoms with Crippen LogP contribution in [0.4, 0.5) is 0 Å². The molecule has 0 radical (unpaired) electrons. The van der Waals surface area contributed by atoms with Crippen LogP contribution in [0.1, 0.15) is 32.6 Å². The van der Waals surface area contributed by atoms with Gasteiger partial charge >= 0.3 is 0 Å². The number of hydrogen-bond acceptors (Lipinski definition) is 3. The monoisotopic (exact) mass is 263 g/mol. The zero-order valence-corrected chi connectivity index (χ0v) is 11.0. The van der Waals surface area contributed by atoms with Gasteiger partial charge in [0.25, 0.3) is 0 Å². The predicted molar refractivity (Wildman–Crippen MR) is 68.9 cm³/mol. The molecule has 6 heteroatoms. The van der Waals surface area contributed by atoms with Crippen molar-refractivity contribution in [1.82, 2.24) is 10.6 Å². The summed E-state index contributed by atoms with van der Waals surface area (Å²) >= 11 is 0. The quantitative estimate of drug-likeness (QED) is 0.662. The third kappa shape index (κ3) is 5.89. The van der Waals surface area contributed by atoms with Crippen LogP contribution >= 0.6 is 12.4 Å². The fraction of sp³-hybridized carbons (Fsp3) is 0.818. The Bertz CT molecular complexity index is 261. The Kier molecular flexibility index (Phi) is 7.91. The second-order valence-corrected chi connectivity index (χ2v) is 4.34. The van der Waals surface area contributed by atoms with E-state index in [9.17, 15) is 9.59 Å². The minimum Gasteiger partial charge on any atom is -0.355 e. The lowest BCUT2D eigenvalue weighted by molar-refractivity contribution is -0.128. The second kappa shape index (κ2) is 8.31. The van der Waals surface area contributed by atoms with E-state index in [0.29, 0.717) is 6.54 Å². The van der Waals surface area contributed by atoms with Gasteiger partial charge in [0.2, 0.25) is 11.8 Å². The number of nitrogens with two attached hydrogens (primary N) is 1. The molecule has 0 heterocycles. The van der Waals surface area contributed by atoms with Gasteiger partial charge in [-0.1, -0.05) is 6.92 Å². The van der Waals surface area contributed by atoms with Gasteiger partial charge in [-0.25, -0.2) is 0 Å². The molecule has 0 aliphatic heterocycles. The molecule has 1 saturated carbocycles. The Morgan fingerprint density at radius 3 is 2.53 bits per heavy atom. The van der Waals surface area contributed by atoms with E-state index < -0.39 is 0 Å². The van der Waals surface area contributed by atoms with Crippen LogP contribution in [-0.2, 0) is 9.59 Å². The Morgan fingerprint density at radius 1 is 1.29 bits per heavy atom. The smallest absolute Gasteiger partial charge is 0.239 e. The molecule has 0 aromatic carbocycles. The normalized spacial score (nSPS) is 22.7. The third-order valence-corrected chi connectivity index (χ3v) is 2.84. The highest BCUT2D eigenvalue weighted by Crippen LogP contribution is 2.23. The summed E-state index contributed by atoms with van der Waals surface area (Å²) in [4.78, 5) is 22.9. The molecule has 0 aromatic rings. The van der Waals surface area contributed by atoms with E-state index >= 15 is 0 Å². The number of halogens is 1. The SMILES string of the molecule is CCCNC(=O)CNC(=O)C1CCC(N)C1.Cl. The minimum absolute atomic E-state index is 0. The van der Waals surface area contributed by atoms with Crippen LogP contribution in [0.5, 0.6) is 0 Å².